The third-order valence-corrected chi connectivity index (χ3v) is 3.17. The van der Waals surface area contributed by atoms with Gasteiger partial charge in [-0.05, 0) is 18.4 Å². The van der Waals surface area contributed by atoms with Crippen LogP contribution in [0.15, 0.2) is 12.4 Å². The van der Waals surface area contributed by atoms with Crippen molar-refractivity contribution in [1.29, 1.82) is 5.26 Å². The van der Waals surface area contributed by atoms with Gasteiger partial charge in [0.2, 0.25) is 0 Å². The molecule has 1 heterocycles. The van der Waals surface area contributed by atoms with Crippen LogP contribution >= 0.6 is 11.8 Å². The van der Waals surface area contributed by atoms with E-state index in [0.717, 1.165) is 13.1 Å². The molecule has 1 rings (SSSR count). The van der Waals surface area contributed by atoms with Crippen molar-refractivity contribution in [2.24, 2.45) is 0 Å². The van der Waals surface area contributed by atoms with Crippen LogP contribution in [0.4, 0.5) is 0 Å². The third-order valence-electron chi connectivity index (χ3n) is 2.47. The van der Waals surface area contributed by atoms with E-state index in [4.69, 9.17) is 5.26 Å². The Hall–Kier alpha value is -0.950. The predicted molar refractivity (Wildman–Crippen MR) is 62.6 cm³/mol. The van der Waals surface area contributed by atoms with Crippen molar-refractivity contribution in [2.45, 2.75) is 32.9 Å². The van der Waals surface area contributed by atoms with E-state index >= 15 is 0 Å². The standard InChI is InChI=1S/C11H18N3S/c1-11-13(6-3-5-12)8-9-14(11)7-4-10-15-2/h8-9H,3-4,6-7,10H2,1-2H3/q+1. The van der Waals surface area contributed by atoms with Crippen molar-refractivity contribution >= 4 is 11.8 Å². The van der Waals surface area contributed by atoms with Gasteiger partial charge in [-0.15, -0.1) is 0 Å². The number of aryl methyl sites for hydroxylation is 2. The average molecular weight is 224 g/mol. The van der Waals surface area contributed by atoms with Crippen molar-refractivity contribution in [3.8, 4) is 6.07 Å². The SMILES string of the molecule is CSCCCn1cc[n+](CCC#N)c1C. The van der Waals surface area contributed by atoms with Gasteiger partial charge < -0.3 is 0 Å². The van der Waals surface area contributed by atoms with Gasteiger partial charge in [0.05, 0.1) is 19.0 Å². The monoisotopic (exact) mass is 224 g/mol. The summed E-state index contributed by atoms with van der Waals surface area (Å²) in [5.74, 6) is 2.45. The molecule has 0 atom stereocenters. The number of nitriles is 1. The first-order valence-electron chi connectivity index (χ1n) is 5.20. The number of rotatable bonds is 6. The summed E-state index contributed by atoms with van der Waals surface area (Å²) in [7, 11) is 0. The van der Waals surface area contributed by atoms with Crippen LogP contribution in [0.25, 0.3) is 0 Å². The van der Waals surface area contributed by atoms with Gasteiger partial charge in [0.15, 0.2) is 0 Å². The molecule has 1 aromatic rings. The molecule has 4 heteroatoms. The lowest BCUT2D eigenvalue weighted by atomic mass is 10.4. The van der Waals surface area contributed by atoms with Crippen molar-refractivity contribution in [3.05, 3.63) is 18.2 Å². The molecule has 0 bridgehead atoms. The fourth-order valence-electron chi connectivity index (χ4n) is 1.56. The number of nitrogens with zero attached hydrogens (tertiary/aromatic N) is 3. The van der Waals surface area contributed by atoms with E-state index < -0.39 is 0 Å². The zero-order valence-corrected chi connectivity index (χ0v) is 10.3. The van der Waals surface area contributed by atoms with E-state index in [1.54, 1.807) is 0 Å². The van der Waals surface area contributed by atoms with Gasteiger partial charge in [0, 0.05) is 6.92 Å². The van der Waals surface area contributed by atoms with Gasteiger partial charge in [-0.25, -0.2) is 9.13 Å². The van der Waals surface area contributed by atoms with Crippen LogP contribution in [-0.2, 0) is 13.1 Å². The lowest BCUT2D eigenvalue weighted by Gasteiger charge is -1.99. The summed E-state index contributed by atoms with van der Waals surface area (Å²) < 4.78 is 4.40. The van der Waals surface area contributed by atoms with Gasteiger partial charge in [0.25, 0.3) is 5.82 Å². The fraction of sp³-hybridized carbons (Fsp3) is 0.636. The third kappa shape index (κ3) is 3.60. The Kier molecular flexibility index (Phi) is 5.27. The van der Waals surface area contributed by atoms with Crippen molar-refractivity contribution in [3.63, 3.8) is 0 Å². The van der Waals surface area contributed by atoms with Crippen LogP contribution in [0.5, 0.6) is 0 Å². The van der Waals surface area contributed by atoms with E-state index in [-0.39, 0.29) is 0 Å². The lowest BCUT2D eigenvalue weighted by Crippen LogP contribution is -2.35. The highest BCUT2D eigenvalue weighted by Gasteiger charge is 2.10. The molecule has 0 aliphatic heterocycles. The Labute approximate surface area is 95.7 Å². The maximum atomic E-state index is 8.53. The second-order valence-corrected chi connectivity index (χ2v) is 4.47. The maximum absolute atomic E-state index is 8.53. The first kappa shape index (κ1) is 12.1. The normalized spacial score (nSPS) is 10.2. The number of thioether (sulfide) groups is 1. The molecule has 0 saturated heterocycles. The molecule has 15 heavy (non-hydrogen) atoms. The number of hydrogen-bond donors (Lipinski definition) is 0. The van der Waals surface area contributed by atoms with Crippen molar-refractivity contribution in [1.82, 2.24) is 4.57 Å². The Balaban J connectivity index is 2.51. The van der Waals surface area contributed by atoms with Gasteiger partial charge >= 0.3 is 0 Å². The molecule has 0 saturated carbocycles. The Morgan fingerprint density at radius 2 is 2.40 bits per heavy atom. The molecule has 0 fully saturated rings. The molecule has 0 amide bonds. The second-order valence-electron chi connectivity index (χ2n) is 3.49. The first-order valence-corrected chi connectivity index (χ1v) is 6.60. The summed E-state index contributed by atoms with van der Waals surface area (Å²) in [6.45, 7) is 3.99. The van der Waals surface area contributed by atoms with E-state index in [2.05, 4.69) is 40.8 Å². The molecular formula is C11H18N3S+. The molecule has 0 radical (unpaired) electrons. The second kappa shape index (κ2) is 6.52. The van der Waals surface area contributed by atoms with E-state index in [0.29, 0.717) is 6.42 Å². The smallest absolute Gasteiger partial charge is 0.234 e. The minimum atomic E-state index is 0.584. The molecule has 1 aromatic heterocycles. The summed E-state index contributed by atoms with van der Waals surface area (Å²) >= 11 is 1.88. The van der Waals surface area contributed by atoms with E-state index in [1.165, 1.54) is 18.0 Å². The minimum Gasteiger partial charge on any atom is -0.234 e. The highest BCUT2D eigenvalue weighted by molar-refractivity contribution is 7.98. The molecule has 0 N–H and O–H groups in total. The molecule has 82 valence electrons. The first-order chi connectivity index (χ1) is 7.29. The maximum Gasteiger partial charge on any atom is 0.253 e. The van der Waals surface area contributed by atoms with Crippen LogP contribution in [0, 0.1) is 18.3 Å². The minimum absolute atomic E-state index is 0.584. The van der Waals surface area contributed by atoms with E-state index in [9.17, 15) is 0 Å². The number of aromatic nitrogens is 2. The Morgan fingerprint density at radius 1 is 1.60 bits per heavy atom. The van der Waals surface area contributed by atoms with Crippen molar-refractivity contribution < 1.29 is 4.57 Å². The number of hydrogen-bond acceptors (Lipinski definition) is 2. The molecule has 0 spiro atoms. The summed E-state index contributed by atoms with van der Waals surface area (Å²) in [5.41, 5.74) is 0. The predicted octanol–water partition coefficient (Wildman–Crippen LogP) is 1.75. The molecule has 0 aromatic carbocycles. The highest BCUT2D eigenvalue weighted by atomic mass is 32.2. The molecule has 3 nitrogen and oxygen atoms in total. The van der Waals surface area contributed by atoms with Crippen LogP contribution in [0.2, 0.25) is 0 Å². The largest absolute Gasteiger partial charge is 0.253 e. The lowest BCUT2D eigenvalue weighted by molar-refractivity contribution is -0.701. The van der Waals surface area contributed by atoms with Gasteiger partial charge in [-0.2, -0.15) is 17.0 Å². The zero-order chi connectivity index (χ0) is 11.1. The molecule has 0 aliphatic carbocycles. The Bertz CT molecular complexity index is 338. The van der Waals surface area contributed by atoms with Crippen LogP contribution in [0.3, 0.4) is 0 Å². The fourth-order valence-corrected chi connectivity index (χ4v) is 1.98. The van der Waals surface area contributed by atoms with Crippen molar-refractivity contribution in [2.75, 3.05) is 12.0 Å². The molecule has 0 aliphatic rings. The summed E-state index contributed by atoms with van der Waals surface area (Å²) in [6.07, 6.45) is 8.09. The van der Waals surface area contributed by atoms with Crippen LogP contribution < -0.4 is 4.57 Å². The van der Waals surface area contributed by atoms with Gasteiger partial charge in [-0.3, -0.25) is 0 Å². The van der Waals surface area contributed by atoms with Gasteiger partial charge in [-0.1, -0.05) is 0 Å². The number of imidazole rings is 1. The topological polar surface area (TPSA) is 32.6 Å². The summed E-state index contributed by atoms with van der Waals surface area (Å²) in [4.78, 5) is 0. The zero-order valence-electron chi connectivity index (χ0n) is 9.44. The average Bonchev–Trinajstić information content (AvgIpc) is 2.58. The van der Waals surface area contributed by atoms with Gasteiger partial charge in [0.1, 0.15) is 18.9 Å². The molecule has 0 unspecified atom stereocenters. The summed E-state index contributed by atoms with van der Waals surface area (Å²) in [5, 5.41) is 8.53. The quantitative estimate of drug-likeness (QED) is 0.545. The molecular weight excluding hydrogens is 206 g/mol. The van der Waals surface area contributed by atoms with Crippen LogP contribution in [0.1, 0.15) is 18.7 Å². The van der Waals surface area contributed by atoms with E-state index in [1.807, 2.05) is 11.8 Å². The highest BCUT2D eigenvalue weighted by Crippen LogP contribution is 2.01. The Morgan fingerprint density at radius 3 is 3.07 bits per heavy atom. The summed E-state index contributed by atoms with van der Waals surface area (Å²) in [6, 6.07) is 2.17. The van der Waals surface area contributed by atoms with Crippen LogP contribution in [-0.4, -0.2) is 16.6 Å².